The monoisotopic (exact) mass is 556 g/mol. The number of aliphatic carboxylic acids is 1. The first kappa shape index (κ1) is 30.2. The summed E-state index contributed by atoms with van der Waals surface area (Å²) in [6.07, 6.45) is -5.19. The second kappa shape index (κ2) is 11.8. The third kappa shape index (κ3) is 6.62. The predicted octanol–water partition coefficient (Wildman–Crippen LogP) is 4.63. The highest BCUT2D eigenvalue weighted by Crippen LogP contribution is 2.42. The molecule has 40 heavy (non-hydrogen) atoms. The topological polar surface area (TPSA) is 96.8 Å². The van der Waals surface area contributed by atoms with E-state index in [0.717, 1.165) is 51.0 Å². The van der Waals surface area contributed by atoms with Crippen molar-refractivity contribution in [2.75, 3.05) is 32.6 Å². The van der Waals surface area contributed by atoms with Crippen molar-refractivity contribution in [2.24, 2.45) is 5.92 Å². The smallest absolute Gasteiger partial charge is 0.430 e. The van der Waals surface area contributed by atoms with Crippen LogP contribution in [0.2, 0.25) is 0 Å². The maximum Gasteiger partial charge on any atom is 0.430 e. The molecule has 2 aromatic carbocycles. The molecule has 7 nitrogen and oxygen atoms in total. The molecule has 0 aromatic heterocycles. The van der Waals surface area contributed by atoms with Gasteiger partial charge in [0.15, 0.2) is 0 Å². The number of carboxylic acid groups (broad SMARTS) is 2. The minimum atomic E-state index is -5.19. The summed E-state index contributed by atoms with van der Waals surface area (Å²) in [5.41, 5.74) is 5.64. The van der Waals surface area contributed by atoms with Gasteiger partial charge in [-0.25, -0.2) is 9.37 Å². The summed E-state index contributed by atoms with van der Waals surface area (Å²) in [7, 11) is 6.08. The van der Waals surface area contributed by atoms with Crippen LogP contribution in [0.25, 0.3) is 33.4 Å². The molecule has 1 aliphatic carbocycles. The summed E-state index contributed by atoms with van der Waals surface area (Å²) in [5, 5.41) is 20.7. The van der Waals surface area contributed by atoms with Crippen LogP contribution in [0.1, 0.15) is 29.8 Å². The molecule has 0 radical (unpaired) electrons. The second-order valence-corrected chi connectivity index (χ2v) is 10.1. The van der Waals surface area contributed by atoms with Gasteiger partial charge in [0.2, 0.25) is 5.36 Å². The zero-order chi connectivity index (χ0) is 29.9. The van der Waals surface area contributed by atoms with E-state index in [0.29, 0.717) is 11.5 Å². The van der Waals surface area contributed by atoms with Gasteiger partial charge in [0.05, 0.1) is 11.6 Å². The molecule has 0 unspecified atom stereocenters. The fraction of sp³-hybridized carbons (Fsp3) is 0.300. The second-order valence-electron chi connectivity index (χ2n) is 10.1. The fourth-order valence-electron chi connectivity index (χ4n) is 4.54. The molecule has 0 saturated heterocycles. The van der Waals surface area contributed by atoms with Crippen LogP contribution in [0.5, 0.6) is 0 Å². The van der Waals surface area contributed by atoms with Crippen LogP contribution >= 0.6 is 0 Å². The van der Waals surface area contributed by atoms with Crippen molar-refractivity contribution in [3.63, 3.8) is 0 Å². The molecule has 0 saturated carbocycles. The first-order chi connectivity index (χ1) is 18.6. The number of carbonyl (C=O) groups is 2. The Morgan fingerprint density at radius 1 is 1.05 bits per heavy atom. The van der Waals surface area contributed by atoms with Crippen LogP contribution in [0.4, 0.5) is 18.9 Å². The number of halogens is 3. The number of fused-ring (bicyclic) bond motifs is 2. The van der Waals surface area contributed by atoms with E-state index in [1.807, 2.05) is 49.3 Å². The average molecular weight is 557 g/mol. The maximum absolute atomic E-state index is 12.1. The lowest BCUT2D eigenvalue weighted by molar-refractivity contribution is -0.344. The highest BCUT2D eigenvalue weighted by atomic mass is 19.4. The number of alkyl halides is 3. The SMILES string of the molecule is Cc1cc2c(-c3ccccc3C(=O)O)c3ccc(N(C)C)cc3oc-2cc1=[N+](C)CC(C)C.O=C([O-])C(F)(F)F. The minimum absolute atomic E-state index is 0.279. The van der Waals surface area contributed by atoms with Crippen molar-refractivity contribution in [3.05, 3.63) is 71.1 Å². The number of carbonyl (C=O) groups excluding carboxylic acids is 1. The number of aryl methyl sites for hydroxylation is 1. The minimum Gasteiger partial charge on any atom is -0.542 e. The van der Waals surface area contributed by atoms with Crippen molar-refractivity contribution in [2.45, 2.75) is 26.9 Å². The van der Waals surface area contributed by atoms with Gasteiger partial charge in [0.1, 0.15) is 30.9 Å². The molecule has 10 heteroatoms. The molecule has 0 bridgehead atoms. The standard InChI is InChI=1S/C28H30N2O3.C2HF3O2/c1-17(2)16-30(6)24-15-26-23(13-18(24)3)27(20-9-7-8-10-21(20)28(31)32)22-12-11-19(29(4)5)14-25(22)33-26;3-2(4,5)1(6)7/h7-15,17H,16H2,1-6H3;(H,6,7). The summed E-state index contributed by atoms with van der Waals surface area (Å²) in [5.74, 6) is -2.68. The van der Waals surface area contributed by atoms with Crippen molar-refractivity contribution in [1.29, 1.82) is 0 Å². The Kier molecular flexibility index (Phi) is 8.92. The van der Waals surface area contributed by atoms with E-state index < -0.39 is 18.1 Å². The van der Waals surface area contributed by atoms with Gasteiger partial charge in [-0.05, 0) is 36.8 Å². The highest BCUT2D eigenvalue weighted by molar-refractivity contribution is 6.07. The molecule has 0 spiro atoms. The van der Waals surface area contributed by atoms with Crippen molar-refractivity contribution >= 4 is 28.6 Å². The molecule has 0 fully saturated rings. The Balaban J connectivity index is 0.000000559. The number of benzene rings is 3. The normalized spacial score (nSPS) is 12.2. The van der Waals surface area contributed by atoms with Gasteiger partial charge in [-0.15, -0.1) is 0 Å². The zero-order valence-corrected chi connectivity index (χ0v) is 23.1. The lowest BCUT2D eigenvalue weighted by Gasteiger charge is -2.19. The molecular formula is C30H31F3N2O5. The summed E-state index contributed by atoms with van der Waals surface area (Å²) >= 11 is 0. The number of carboxylic acids is 2. The first-order valence-electron chi connectivity index (χ1n) is 12.4. The predicted molar refractivity (Wildman–Crippen MR) is 146 cm³/mol. The molecule has 0 atom stereocenters. The molecule has 1 aliphatic heterocycles. The largest absolute Gasteiger partial charge is 0.542 e. The molecule has 0 amide bonds. The summed E-state index contributed by atoms with van der Waals surface area (Å²) in [6.45, 7) is 7.43. The van der Waals surface area contributed by atoms with Crippen LogP contribution in [-0.2, 0) is 4.79 Å². The number of rotatable bonds is 5. The van der Waals surface area contributed by atoms with Gasteiger partial charge in [0.25, 0.3) is 0 Å². The molecule has 2 aliphatic rings. The van der Waals surface area contributed by atoms with Crippen molar-refractivity contribution in [3.8, 4) is 22.5 Å². The van der Waals surface area contributed by atoms with E-state index in [-0.39, 0.29) is 5.56 Å². The third-order valence-electron chi connectivity index (χ3n) is 6.25. The Morgan fingerprint density at radius 2 is 1.68 bits per heavy atom. The maximum atomic E-state index is 12.1. The third-order valence-corrected chi connectivity index (χ3v) is 6.25. The number of hydrogen-bond donors (Lipinski definition) is 1. The summed E-state index contributed by atoms with van der Waals surface area (Å²) in [4.78, 5) is 22.9. The van der Waals surface area contributed by atoms with Crippen LogP contribution < -0.4 is 19.9 Å². The fourth-order valence-corrected chi connectivity index (χ4v) is 4.54. The lowest BCUT2D eigenvalue weighted by atomic mass is 9.90. The lowest BCUT2D eigenvalue weighted by Crippen LogP contribution is -2.37. The summed E-state index contributed by atoms with van der Waals surface area (Å²) in [6, 6.07) is 17.5. The summed E-state index contributed by atoms with van der Waals surface area (Å²) < 4.78 is 40.2. The molecule has 212 valence electrons. The van der Waals surface area contributed by atoms with Crippen LogP contribution in [0, 0.1) is 12.8 Å². The quantitative estimate of drug-likeness (QED) is 0.284. The van der Waals surface area contributed by atoms with E-state index in [9.17, 15) is 23.1 Å². The van der Waals surface area contributed by atoms with Gasteiger partial charge in [-0.2, -0.15) is 13.2 Å². The van der Waals surface area contributed by atoms with E-state index in [2.05, 4.69) is 44.5 Å². The van der Waals surface area contributed by atoms with E-state index >= 15 is 0 Å². The van der Waals surface area contributed by atoms with Crippen LogP contribution in [0.3, 0.4) is 0 Å². The number of nitrogens with zero attached hydrogens (tertiary/aromatic N) is 2. The number of aromatic carboxylic acids is 1. The first-order valence-corrected chi connectivity index (χ1v) is 12.4. The van der Waals surface area contributed by atoms with Crippen molar-refractivity contribution < 1.29 is 37.4 Å². The molecule has 4 rings (SSSR count). The zero-order valence-electron chi connectivity index (χ0n) is 23.1. The number of anilines is 1. The van der Waals surface area contributed by atoms with Crippen molar-refractivity contribution in [1.82, 2.24) is 4.58 Å². The molecule has 1 heterocycles. The Bertz CT molecular complexity index is 1600. The van der Waals surface area contributed by atoms with Gasteiger partial charge in [0, 0.05) is 53.8 Å². The highest BCUT2D eigenvalue weighted by Gasteiger charge is 2.29. The molecular weight excluding hydrogens is 525 g/mol. The Labute approximate surface area is 229 Å². The molecule has 2 aromatic rings. The van der Waals surface area contributed by atoms with Crippen LogP contribution in [-0.4, -0.2) is 50.9 Å². The van der Waals surface area contributed by atoms with E-state index in [1.165, 1.54) is 0 Å². The Hall–Kier alpha value is -4.34. The van der Waals surface area contributed by atoms with Crippen LogP contribution in [0.15, 0.2) is 59.0 Å². The van der Waals surface area contributed by atoms with Gasteiger partial charge in [-0.3, -0.25) is 0 Å². The van der Waals surface area contributed by atoms with E-state index in [4.69, 9.17) is 14.3 Å². The van der Waals surface area contributed by atoms with Gasteiger partial charge >= 0.3 is 12.1 Å². The van der Waals surface area contributed by atoms with Gasteiger partial charge < -0.3 is 24.3 Å². The average Bonchev–Trinajstić information content (AvgIpc) is 2.86. The Morgan fingerprint density at radius 3 is 2.23 bits per heavy atom. The van der Waals surface area contributed by atoms with Gasteiger partial charge in [-0.1, -0.05) is 32.0 Å². The van der Waals surface area contributed by atoms with E-state index in [1.54, 1.807) is 12.1 Å². The molecule has 1 N–H and O–H groups in total. The number of hydrogen-bond acceptors (Lipinski definition) is 5.